The van der Waals surface area contributed by atoms with Crippen molar-refractivity contribution < 1.29 is 24.6 Å². The number of carbonyl (C=O) groups excluding carboxylic acids is 1. The van der Waals surface area contributed by atoms with Crippen LogP contribution in [0.25, 0.3) is 0 Å². The summed E-state index contributed by atoms with van der Waals surface area (Å²) < 4.78 is 0. The van der Waals surface area contributed by atoms with Crippen LogP contribution < -0.4 is 17.2 Å². The minimum atomic E-state index is -1.11. The quantitative estimate of drug-likeness (QED) is 0.388. The SMILES string of the molecule is CCCCC(N)C(=O)O.NC(=O)CCC(N)C(=O)O. The molecule has 0 aliphatic heterocycles. The lowest BCUT2D eigenvalue weighted by Crippen LogP contribution is -2.31. The van der Waals surface area contributed by atoms with Crippen LogP contribution in [-0.4, -0.2) is 40.1 Å². The second kappa shape index (κ2) is 11.4. The Kier molecular flexibility index (Phi) is 11.8. The van der Waals surface area contributed by atoms with Gasteiger partial charge in [-0.3, -0.25) is 14.4 Å². The van der Waals surface area contributed by atoms with E-state index in [1.807, 2.05) is 6.92 Å². The Morgan fingerprint density at radius 2 is 1.42 bits per heavy atom. The number of primary amides is 1. The first-order chi connectivity index (χ1) is 8.72. The molecule has 0 saturated carbocycles. The molecule has 0 radical (unpaired) electrons. The van der Waals surface area contributed by atoms with Gasteiger partial charge < -0.3 is 27.4 Å². The predicted octanol–water partition coefficient (Wildman–Crippen LogP) is -0.748. The average Bonchev–Trinajstić information content (AvgIpc) is 2.33. The molecule has 2 atom stereocenters. The fraction of sp³-hybridized carbons (Fsp3) is 0.727. The van der Waals surface area contributed by atoms with Gasteiger partial charge in [-0.15, -0.1) is 0 Å². The van der Waals surface area contributed by atoms with E-state index < -0.39 is 29.9 Å². The maximum atomic E-state index is 10.1. The summed E-state index contributed by atoms with van der Waals surface area (Å²) in [5, 5.41) is 16.5. The van der Waals surface area contributed by atoms with E-state index in [4.69, 9.17) is 27.4 Å². The number of unbranched alkanes of at least 4 members (excludes halogenated alkanes) is 1. The number of carboxylic acid groups (broad SMARTS) is 2. The summed E-state index contributed by atoms with van der Waals surface area (Å²) in [5.74, 6) is -2.54. The van der Waals surface area contributed by atoms with Crippen molar-refractivity contribution in [1.82, 2.24) is 0 Å². The summed E-state index contributed by atoms with van der Waals surface area (Å²) in [6.45, 7) is 2.01. The number of carbonyl (C=O) groups is 3. The Bertz CT molecular complexity index is 296. The third-order valence-corrected chi connectivity index (χ3v) is 2.20. The average molecular weight is 277 g/mol. The van der Waals surface area contributed by atoms with E-state index in [9.17, 15) is 14.4 Å². The monoisotopic (exact) mass is 277 g/mol. The molecule has 0 aromatic carbocycles. The van der Waals surface area contributed by atoms with Crippen molar-refractivity contribution >= 4 is 17.8 Å². The molecule has 0 heterocycles. The first-order valence-electron chi connectivity index (χ1n) is 5.97. The van der Waals surface area contributed by atoms with Crippen LogP contribution in [0.2, 0.25) is 0 Å². The third kappa shape index (κ3) is 14.3. The van der Waals surface area contributed by atoms with Gasteiger partial charge in [0.15, 0.2) is 0 Å². The topological polar surface area (TPSA) is 170 Å². The number of amides is 1. The van der Waals surface area contributed by atoms with Crippen molar-refractivity contribution in [3.63, 3.8) is 0 Å². The Balaban J connectivity index is 0. The van der Waals surface area contributed by atoms with Crippen molar-refractivity contribution in [2.45, 2.75) is 51.1 Å². The molecule has 0 bridgehead atoms. The van der Waals surface area contributed by atoms with Gasteiger partial charge in [0.25, 0.3) is 0 Å². The second-order valence-corrected chi connectivity index (χ2v) is 4.04. The Morgan fingerprint density at radius 3 is 1.74 bits per heavy atom. The first-order valence-corrected chi connectivity index (χ1v) is 5.97. The van der Waals surface area contributed by atoms with Crippen molar-refractivity contribution in [3.8, 4) is 0 Å². The highest BCUT2D eigenvalue weighted by Gasteiger charge is 2.11. The van der Waals surface area contributed by atoms with Crippen LogP contribution in [0.15, 0.2) is 0 Å². The highest BCUT2D eigenvalue weighted by Crippen LogP contribution is 1.97. The molecule has 0 aliphatic carbocycles. The summed E-state index contributed by atoms with van der Waals surface area (Å²) in [6, 6.07) is -1.64. The van der Waals surface area contributed by atoms with Crippen LogP contribution in [-0.2, 0) is 14.4 Å². The van der Waals surface area contributed by atoms with Gasteiger partial charge in [-0.2, -0.15) is 0 Å². The molecule has 19 heavy (non-hydrogen) atoms. The fourth-order valence-corrected chi connectivity index (χ4v) is 0.969. The number of rotatable bonds is 8. The van der Waals surface area contributed by atoms with Crippen LogP contribution >= 0.6 is 0 Å². The Labute approximate surface area is 111 Å². The lowest BCUT2D eigenvalue weighted by atomic mass is 10.1. The van der Waals surface area contributed by atoms with Gasteiger partial charge in [0.1, 0.15) is 12.1 Å². The Hall–Kier alpha value is -1.67. The zero-order chi connectivity index (χ0) is 15.4. The van der Waals surface area contributed by atoms with E-state index in [2.05, 4.69) is 0 Å². The van der Waals surface area contributed by atoms with Crippen LogP contribution in [0.4, 0.5) is 0 Å². The highest BCUT2D eigenvalue weighted by atomic mass is 16.4. The maximum Gasteiger partial charge on any atom is 0.320 e. The summed E-state index contributed by atoms with van der Waals surface area (Å²) in [7, 11) is 0. The van der Waals surface area contributed by atoms with Gasteiger partial charge in [0.05, 0.1) is 0 Å². The third-order valence-electron chi connectivity index (χ3n) is 2.20. The molecule has 8 nitrogen and oxygen atoms in total. The van der Waals surface area contributed by atoms with Crippen LogP contribution in [0.5, 0.6) is 0 Å². The van der Waals surface area contributed by atoms with Gasteiger partial charge in [-0.25, -0.2) is 0 Å². The summed E-state index contributed by atoms with van der Waals surface area (Å²) >= 11 is 0. The number of hydrogen-bond acceptors (Lipinski definition) is 5. The van der Waals surface area contributed by atoms with E-state index in [0.29, 0.717) is 6.42 Å². The standard InChI is InChI=1S/C6H13NO2.C5H10N2O3/c1-2-3-4-5(7)6(8)9;6-3(5(9)10)1-2-4(7)8/h5H,2-4,7H2,1H3,(H,8,9);3H,1-2,6H2,(H2,7,8)(H,9,10). The summed E-state index contributed by atoms with van der Waals surface area (Å²) in [6.07, 6.45) is 2.61. The van der Waals surface area contributed by atoms with E-state index in [-0.39, 0.29) is 12.8 Å². The number of nitrogens with two attached hydrogens (primary N) is 3. The van der Waals surface area contributed by atoms with E-state index >= 15 is 0 Å². The number of carboxylic acids is 2. The van der Waals surface area contributed by atoms with Crippen molar-refractivity contribution in [1.29, 1.82) is 0 Å². The zero-order valence-electron chi connectivity index (χ0n) is 11.0. The van der Waals surface area contributed by atoms with Crippen molar-refractivity contribution in [3.05, 3.63) is 0 Å². The Morgan fingerprint density at radius 1 is 1.00 bits per heavy atom. The zero-order valence-corrected chi connectivity index (χ0v) is 11.0. The summed E-state index contributed by atoms with van der Waals surface area (Å²) in [5.41, 5.74) is 15.0. The normalized spacial score (nSPS) is 12.8. The number of aliphatic carboxylic acids is 2. The molecular weight excluding hydrogens is 254 g/mol. The lowest BCUT2D eigenvalue weighted by Gasteiger charge is -2.02. The molecule has 112 valence electrons. The van der Waals surface area contributed by atoms with Gasteiger partial charge in [0, 0.05) is 6.42 Å². The van der Waals surface area contributed by atoms with Crippen LogP contribution in [0.3, 0.4) is 0 Å². The molecule has 8 N–H and O–H groups in total. The van der Waals surface area contributed by atoms with Gasteiger partial charge >= 0.3 is 11.9 Å². The van der Waals surface area contributed by atoms with Crippen molar-refractivity contribution in [2.24, 2.45) is 17.2 Å². The van der Waals surface area contributed by atoms with Gasteiger partial charge in [-0.05, 0) is 12.8 Å². The summed E-state index contributed by atoms with van der Waals surface area (Å²) in [4.78, 5) is 30.2. The minimum absolute atomic E-state index is 0.0213. The predicted molar refractivity (Wildman–Crippen MR) is 69.2 cm³/mol. The molecule has 0 aromatic heterocycles. The van der Waals surface area contributed by atoms with E-state index in [1.54, 1.807) is 0 Å². The number of hydrogen-bond donors (Lipinski definition) is 5. The fourth-order valence-electron chi connectivity index (χ4n) is 0.969. The molecule has 0 aromatic rings. The molecule has 8 heteroatoms. The first kappa shape index (κ1) is 19.7. The second-order valence-electron chi connectivity index (χ2n) is 4.04. The molecule has 2 unspecified atom stereocenters. The molecule has 0 rings (SSSR count). The largest absolute Gasteiger partial charge is 0.480 e. The van der Waals surface area contributed by atoms with Crippen LogP contribution in [0, 0.1) is 0 Å². The molecule has 1 amide bonds. The highest BCUT2D eigenvalue weighted by molar-refractivity contribution is 5.77. The molecule has 0 saturated heterocycles. The van der Waals surface area contributed by atoms with E-state index in [0.717, 1.165) is 12.8 Å². The maximum absolute atomic E-state index is 10.1. The molecule has 0 fully saturated rings. The minimum Gasteiger partial charge on any atom is -0.480 e. The molecule has 0 aliphatic rings. The van der Waals surface area contributed by atoms with Gasteiger partial charge in [-0.1, -0.05) is 19.8 Å². The van der Waals surface area contributed by atoms with Crippen molar-refractivity contribution in [2.75, 3.05) is 0 Å². The molecule has 0 spiro atoms. The van der Waals surface area contributed by atoms with Gasteiger partial charge in [0.2, 0.25) is 5.91 Å². The lowest BCUT2D eigenvalue weighted by molar-refractivity contribution is -0.139. The van der Waals surface area contributed by atoms with E-state index in [1.165, 1.54) is 0 Å². The smallest absolute Gasteiger partial charge is 0.320 e. The van der Waals surface area contributed by atoms with Crippen LogP contribution in [0.1, 0.15) is 39.0 Å². The molecular formula is C11H23N3O5.